The number of rotatable bonds is 7. The first-order chi connectivity index (χ1) is 27.5. The third-order valence-corrected chi connectivity index (χ3v) is 13.2. The van der Waals surface area contributed by atoms with Crippen molar-refractivity contribution in [1.82, 2.24) is 34.4 Å². The van der Waals surface area contributed by atoms with Gasteiger partial charge in [0.2, 0.25) is 11.8 Å². The molecule has 0 radical (unpaired) electrons. The second-order valence-electron chi connectivity index (χ2n) is 17.6. The van der Waals surface area contributed by atoms with E-state index in [0.717, 1.165) is 42.3 Å². The third-order valence-electron chi connectivity index (χ3n) is 11.8. The number of hydrogen-bond acceptors (Lipinski definition) is 10. The van der Waals surface area contributed by atoms with Crippen LogP contribution in [-0.4, -0.2) is 127 Å². The highest BCUT2D eigenvalue weighted by Crippen LogP contribution is 2.46. The first-order valence-corrected chi connectivity index (χ1v) is 22.2. The van der Waals surface area contributed by atoms with E-state index < -0.39 is 75.4 Å². The molecule has 16 nitrogen and oxygen atoms in total. The Morgan fingerprint density at radius 1 is 1.02 bits per heavy atom. The standard InChI is InChI=1S/C41H61N7O9S/c1-40(2,3)57-38(52)42-33-18-11-8-6-7-10-17-30-24-41(30,37(51)44-58(54,55)45(4)5)43-35(49)34-23-31(26-48(34)36(33)50)56-39(53)47-22-19-28-15-14-16-29(32(28)27-47)25-46-20-12-9-13-21-46/h10,14-17,30-31,33-34H,6-9,11-13,18-27H2,1-5H3,(H,42,52)(H,43,49)(H,44,51)/b17-10-/t30-,31-,33+,34+,41-/m1/s1. The van der Waals surface area contributed by atoms with Crippen molar-refractivity contribution < 1.29 is 41.9 Å². The van der Waals surface area contributed by atoms with Gasteiger partial charge in [0.15, 0.2) is 0 Å². The summed E-state index contributed by atoms with van der Waals surface area (Å²) >= 11 is 0. The second-order valence-corrected chi connectivity index (χ2v) is 19.5. The van der Waals surface area contributed by atoms with Gasteiger partial charge in [0.25, 0.3) is 5.91 Å². The van der Waals surface area contributed by atoms with E-state index >= 15 is 0 Å². The number of amides is 5. The molecule has 5 atom stereocenters. The summed E-state index contributed by atoms with van der Waals surface area (Å²) in [6.07, 6.45) is 8.92. The summed E-state index contributed by atoms with van der Waals surface area (Å²) < 4.78 is 40.0. The van der Waals surface area contributed by atoms with Crippen molar-refractivity contribution in [3.8, 4) is 0 Å². The number of ether oxygens (including phenoxy) is 2. The maximum Gasteiger partial charge on any atom is 0.410 e. The fraction of sp³-hybridized carbons (Fsp3) is 0.683. The van der Waals surface area contributed by atoms with E-state index in [0.29, 0.717) is 32.4 Å². The van der Waals surface area contributed by atoms with Crippen LogP contribution in [0.25, 0.3) is 0 Å². The predicted molar refractivity (Wildman–Crippen MR) is 215 cm³/mol. The van der Waals surface area contributed by atoms with Gasteiger partial charge in [-0.05, 0) is 95.5 Å². The number of carbonyl (C=O) groups is 5. The number of nitrogens with zero attached hydrogens (tertiary/aromatic N) is 4. The van der Waals surface area contributed by atoms with Crippen molar-refractivity contribution in [2.45, 2.75) is 134 Å². The van der Waals surface area contributed by atoms with Crippen LogP contribution in [0.15, 0.2) is 30.4 Å². The monoisotopic (exact) mass is 827 g/mol. The van der Waals surface area contributed by atoms with Crippen molar-refractivity contribution in [2.75, 3.05) is 40.3 Å². The topological polar surface area (TPSA) is 187 Å². The molecule has 3 fully saturated rings. The van der Waals surface area contributed by atoms with Crippen LogP contribution in [0.2, 0.25) is 0 Å². The minimum absolute atomic E-state index is 0.0681. The number of fused-ring (bicyclic) bond motifs is 3. The number of nitrogens with one attached hydrogen (secondary N) is 3. The largest absolute Gasteiger partial charge is 0.444 e. The Morgan fingerprint density at radius 3 is 2.48 bits per heavy atom. The minimum atomic E-state index is -4.18. The molecule has 1 aromatic carbocycles. The van der Waals surface area contributed by atoms with Crippen molar-refractivity contribution in [2.24, 2.45) is 5.92 Å². The average Bonchev–Trinajstić information content (AvgIpc) is 3.69. The Balaban J connectivity index is 1.23. The minimum Gasteiger partial charge on any atom is -0.444 e. The maximum atomic E-state index is 14.5. The van der Waals surface area contributed by atoms with Crippen LogP contribution in [-0.2, 0) is 53.6 Å². The Hall–Kier alpha value is -4.22. The molecule has 1 saturated carbocycles. The predicted octanol–water partition coefficient (Wildman–Crippen LogP) is 3.35. The molecule has 0 aromatic heterocycles. The summed E-state index contributed by atoms with van der Waals surface area (Å²) in [4.78, 5) is 74.9. The Morgan fingerprint density at radius 2 is 1.76 bits per heavy atom. The molecule has 17 heteroatoms. The maximum absolute atomic E-state index is 14.5. The Bertz CT molecular complexity index is 1860. The van der Waals surface area contributed by atoms with Crippen LogP contribution in [0.1, 0.15) is 102 Å². The summed E-state index contributed by atoms with van der Waals surface area (Å²) in [6.45, 7) is 8.77. The Kier molecular flexibility index (Phi) is 13.4. The molecule has 58 heavy (non-hydrogen) atoms. The highest BCUT2D eigenvalue weighted by molar-refractivity contribution is 7.87. The third kappa shape index (κ3) is 10.5. The number of alkyl carbamates (subject to hydrolysis) is 1. The van der Waals surface area contributed by atoms with Gasteiger partial charge in [0.05, 0.1) is 6.54 Å². The van der Waals surface area contributed by atoms with E-state index in [9.17, 15) is 32.4 Å². The van der Waals surface area contributed by atoms with E-state index in [-0.39, 0.29) is 25.8 Å². The van der Waals surface area contributed by atoms with E-state index in [2.05, 4.69) is 38.5 Å². The van der Waals surface area contributed by atoms with E-state index in [4.69, 9.17) is 9.47 Å². The average molecular weight is 828 g/mol. The molecule has 4 heterocycles. The number of hydrogen-bond donors (Lipinski definition) is 3. The molecule has 0 spiro atoms. The molecule has 2 saturated heterocycles. The van der Waals surface area contributed by atoms with Gasteiger partial charge < -0.3 is 29.9 Å². The zero-order valence-corrected chi connectivity index (χ0v) is 35.4. The number of carbonyl (C=O) groups excluding carboxylic acids is 5. The highest BCUT2D eigenvalue weighted by Gasteiger charge is 2.62. The number of benzene rings is 1. The van der Waals surface area contributed by atoms with Gasteiger partial charge >= 0.3 is 22.4 Å². The molecular formula is C41H61N7O9S. The highest BCUT2D eigenvalue weighted by atomic mass is 32.2. The fourth-order valence-corrected chi connectivity index (χ4v) is 9.04. The summed E-state index contributed by atoms with van der Waals surface area (Å²) in [6, 6.07) is 4.06. The Labute approximate surface area is 342 Å². The van der Waals surface area contributed by atoms with Crippen LogP contribution >= 0.6 is 0 Å². The van der Waals surface area contributed by atoms with Crippen LogP contribution in [0.5, 0.6) is 0 Å². The van der Waals surface area contributed by atoms with E-state index in [1.54, 1.807) is 25.7 Å². The number of piperidine rings is 1. The van der Waals surface area contributed by atoms with Gasteiger partial charge in [-0.1, -0.05) is 49.6 Å². The number of allylic oxidation sites excluding steroid dienone is 1. The van der Waals surface area contributed by atoms with Crippen molar-refractivity contribution in [3.05, 3.63) is 47.0 Å². The summed E-state index contributed by atoms with van der Waals surface area (Å²) in [5, 5.41) is 5.54. The quantitative estimate of drug-likeness (QED) is 0.345. The summed E-state index contributed by atoms with van der Waals surface area (Å²) in [5.74, 6) is -2.61. The van der Waals surface area contributed by atoms with Crippen molar-refractivity contribution in [3.63, 3.8) is 0 Å². The van der Waals surface area contributed by atoms with Crippen molar-refractivity contribution in [1.29, 1.82) is 0 Å². The van der Waals surface area contributed by atoms with Gasteiger partial charge in [-0.15, -0.1) is 0 Å². The molecule has 5 amide bonds. The molecule has 3 N–H and O–H groups in total. The van der Waals surface area contributed by atoms with Gasteiger partial charge in [-0.25, -0.2) is 14.3 Å². The van der Waals surface area contributed by atoms with Gasteiger partial charge in [0, 0.05) is 46.1 Å². The molecule has 1 aliphatic carbocycles. The normalized spacial score (nSPS) is 27.8. The van der Waals surface area contributed by atoms with E-state index in [1.807, 2.05) is 12.2 Å². The molecule has 4 aliphatic heterocycles. The molecule has 1 aromatic rings. The fourth-order valence-electron chi connectivity index (χ4n) is 8.44. The lowest BCUT2D eigenvalue weighted by molar-refractivity contribution is -0.141. The smallest absolute Gasteiger partial charge is 0.410 e. The lowest BCUT2D eigenvalue weighted by Gasteiger charge is -2.32. The summed E-state index contributed by atoms with van der Waals surface area (Å²) in [7, 11) is -1.61. The molecule has 0 unspecified atom stereocenters. The molecule has 320 valence electrons. The first kappa shape index (κ1) is 43.4. The van der Waals surface area contributed by atoms with Gasteiger partial charge in [0.1, 0.15) is 29.3 Å². The lowest BCUT2D eigenvalue weighted by Crippen LogP contribution is -2.58. The van der Waals surface area contributed by atoms with Gasteiger partial charge in [-0.2, -0.15) is 12.7 Å². The van der Waals surface area contributed by atoms with Crippen LogP contribution in [0.3, 0.4) is 0 Å². The van der Waals surface area contributed by atoms with Crippen LogP contribution < -0.4 is 15.4 Å². The molecule has 0 bridgehead atoms. The number of likely N-dealkylation sites (tertiary alicyclic amines) is 1. The van der Waals surface area contributed by atoms with Crippen molar-refractivity contribution >= 4 is 40.1 Å². The van der Waals surface area contributed by atoms with E-state index in [1.165, 1.54) is 49.4 Å². The van der Waals surface area contributed by atoms with Gasteiger partial charge in [-0.3, -0.25) is 19.3 Å². The zero-order chi connectivity index (χ0) is 41.8. The molecular weight excluding hydrogens is 767 g/mol. The van der Waals surface area contributed by atoms with Crippen LogP contribution in [0.4, 0.5) is 9.59 Å². The molecule has 5 aliphatic rings. The lowest BCUT2D eigenvalue weighted by atomic mass is 9.94. The van der Waals surface area contributed by atoms with Crippen LogP contribution in [0, 0.1) is 5.92 Å². The molecule has 6 rings (SSSR count). The first-order valence-electron chi connectivity index (χ1n) is 20.8. The zero-order valence-electron chi connectivity index (χ0n) is 34.6. The summed E-state index contributed by atoms with van der Waals surface area (Å²) in [5.41, 5.74) is 1.11. The SMILES string of the molecule is CN(C)S(=O)(=O)NC(=O)[C@@]12C[C@H]1/C=C\CCCCC[C@H](NC(=O)OC(C)(C)C)C(=O)N1C[C@H](OC(=O)N3CCc4cccc(CN5CCCCC5)c4C3)C[C@H]1C(=O)N2. The second kappa shape index (κ2) is 18.0.